The van der Waals surface area contributed by atoms with Gasteiger partial charge >= 0.3 is 0 Å². The molecular formula is C9H3N3S3. The van der Waals surface area contributed by atoms with E-state index in [2.05, 4.69) is 67.1 Å². The molecule has 0 fully saturated rings. The summed E-state index contributed by atoms with van der Waals surface area (Å²) >= 11 is 13.5. The van der Waals surface area contributed by atoms with Gasteiger partial charge in [-0.1, -0.05) is 0 Å². The Balaban J connectivity index is 3.36. The van der Waals surface area contributed by atoms with Crippen molar-refractivity contribution in [2.45, 2.75) is 0 Å². The van der Waals surface area contributed by atoms with Crippen LogP contribution >= 0.6 is 36.7 Å². The van der Waals surface area contributed by atoms with Crippen LogP contribution in [0.15, 0.2) is 33.2 Å². The molecular weight excluding hydrogens is 246 g/mol. The number of hydrogen-bond donors (Lipinski definition) is 0. The van der Waals surface area contributed by atoms with Crippen molar-refractivity contribution in [1.29, 1.82) is 0 Å². The summed E-state index contributed by atoms with van der Waals surface area (Å²) in [5, 5.41) is 6.76. The molecule has 0 aromatic heterocycles. The highest BCUT2D eigenvalue weighted by molar-refractivity contribution is 7.78. The first-order valence-electron chi connectivity index (χ1n) is 3.69. The number of isothiocyanates is 3. The molecule has 0 atom stereocenters. The van der Waals surface area contributed by atoms with Crippen LogP contribution in [-0.4, -0.2) is 15.5 Å². The van der Waals surface area contributed by atoms with Gasteiger partial charge in [0.2, 0.25) is 0 Å². The van der Waals surface area contributed by atoms with Crippen LogP contribution in [-0.2, 0) is 0 Å². The maximum absolute atomic E-state index is 4.50. The van der Waals surface area contributed by atoms with E-state index in [1.54, 1.807) is 18.2 Å². The van der Waals surface area contributed by atoms with E-state index in [9.17, 15) is 0 Å². The third-order valence-electron chi connectivity index (χ3n) is 1.41. The van der Waals surface area contributed by atoms with Crippen LogP contribution in [0.25, 0.3) is 0 Å². The molecule has 0 aliphatic carbocycles. The predicted molar refractivity (Wildman–Crippen MR) is 70.5 cm³/mol. The Labute approximate surface area is 102 Å². The van der Waals surface area contributed by atoms with E-state index in [0.717, 1.165) is 0 Å². The molecule has 0 N–H and O–H groups in total. The Hall–Kier alpha value is -1.38. The second-order valence-electron chi connectivity index (χ2n) is 2.32. The van der Waals surface area contributed by atoms with Crippen molar-refractivity contribution in [3.63, 3.8) is 0 Å². The normalized spacial score (nSPS) is 8.00. The zero-order chi connectivity index (χ0) is 11.1. The van der Waals surface area contributed by atoms with E-state index >= 15 is 0 Å². The van der Waals surface area contributed by atoms with E-state index < -0.39 is 0 Å². The second kappa shape index (κ2) is 6.17. The molecule has 0 spiro atoms. The molecule has 0 aliphatic rings. The van der Waals surface area contributed by atoms with Crippen LogP contribution in [0.4, 0.5) is 17.1 Å². The number of nitrogens with zero attached hydrogens (tertiary/aromatic N) is 3. The summed E-state index contributed by atoms with van der Waals surface area (Å²) in [5.74, 6) is 0. The van der Waals surface area contributed by atoms with Gasteiger partial charge in [-0.2, -0.15) is 15.0 Å². The van der Waals surface area contributed by atoms with E-state index in [1.165, 1.54) is 0 Å². The summed E-state index contributed by atoms with van der Waals surface area (Å²) in [5.41, 5.74) is 1.75. The van der Waals surface area contributed by atoms with Crippen molar-refractivity contribution in [2.24, 2.45) is 15.0 Å². The Kier molecular flexibility index (Phi) is 4.81. The minimum atomic E-state index is 0.584. The second-order valence-corrected chi connectivity index (χ2v) is 2.86. The average molecular weight is 249 g/mol. The van der Waals surface area contributed by atoms with E-state index in [4.69, 9.17) is 0 Å². The SMILES string of the molecule is S=C=Nc1cc(N=C=S)cc(N=C=S)c1. The van der Waals surface area contributed by atoms with Gasteiger partial charge in [0.15, 0.2) is 0 Å². The molecule has 0 amide bonds. The van der Waals surface area contributed by atoms with Crippen LogP contribution in [0.3, 0.4) is 0 Å². The Morgan fingerprint density at radius 1 is 0.667 bits per heavy atom. The van der Waals surface area contributed by atoms with E-state index in [1.807, 2.05) is 0 Å². The molecule has 1 rings (SSSR count). The van der Waals surface area contributed by atoms with Gasteiger partial charge < -0.3 is 0 Å². The lowest BCUT2D eigenvalue weighted by atomic mass is 10.2. The first-order valence-corrected chi connectivity index (χ1v) is 4.91. The minimum Gasteiger partial charge on any atom is -0.195 e. The molecule has 6 heteroatoms. The highest BCUT2D eigenvalue weighted by Crippen LogP contribution is 2.27. The summed E-state index contributed by atoms with van der Waals surface area (Å²) in [4.78, 5) is 11.4. The van der Waals surface area contributed by atoms with Crippen LogP contribution in [0.1, 0.15) is 0 Å². The van der Waals surface area contributed by atoms with Crippen LogP contribution < -0.4 is 0 Å². The molecule has 0 saturated carbocycles. The Morgan fingerprint density at radius 3 is 1.13 bits per heavy atom. The quantitative estimate of drug-likeness (QED) is 0.602. The smallest absolute Gasteiger partial charge is 0.0783 e. The molecule has 0 bridgehead atoms. The predicted octanol–water partition coefficient (Wildman–Crippen LogP) is 3.89. The number of benzene rings is 1. The van der Waals surface area contributed by atoms with Gasteiger partial charge in [-0.25, -0.2) is 0 Å². The number of thiocarbonyl (C=S) groups is 3. The van der Waals surface area contributed by atoms with Gasteiger partial charge in [-0.3, -0.25) is 0 Å². The average Bonchev–Trinajstić information content (AvgIpc) is 2.19. The topological polar surface area (TPSA) is 37.1 Å². The Bertz CT molecular complexity index is 431. The highest BCUT2D eigenvalue weighted by atomic mass is 32.1. The highest BCUT2D eigenvalue weighted by Gasteiger charge is 1.97. The van der Waals surface area contributed by atoms with Crippen molar-refractivity contribution in [3.05, 3.63) is 18.2 Å². The van der Waals surface area contributed by atoms with E-state index in [0.29, 0.717) is 17.1 Å². The van der Waals surface area contributed by atoms with Gasteiger partial charge in [-0.05, 0) is 54.9 Å². The van der Waals surface area contributed by atoms with Crippen LogP contribution in [0.2, 0.25) is 0 Å². The largest absolute Gasteiger partial charge is 0.195 e. The standard InChI is InChI=1S/C9H3N3S3/c13-4-10-7-1-8(11-5-14)3-9(2-7)12-6-15/h1-3H. The summed E-state index contributed by atoms with van der Waals surface area (Å²) in [7, 11) is 0. The lowest BCUT2D eigenvalue weighted by molar-refractivity contribution is 1.46. The van der Waals surface area contributed by atoms with Crippen molar-refractivity contribution in [3.8, 4) is 0 Å². The van der Waals surface area contributed by atoms with E-state index in [-0.39, 0.29) is 0 Å². The maximum Gasteiger partial charge on any atom is 0.0783 e. The molecule has 15 heavy (non-hydrogen) atoms. The van der Waals surface area contributed by atoms with Crippen molar-refractivity contribution in [1.82, 2.24) is 0 Å². The fourth-order valence-electron chi connectivity index (χ4n) is 0.931. The zero-order valence-corrected chi connectivity index (χ0v) is 9.75. The third-order valence-corrected chi connectivity index (χ3v) is 1.69. The zero-order valence-electron chi connectivity index (χ0n) is 7.30. The summed E-state index contributed by atoms with van der Waals surface area (Å²) in [6.45, 7) is 0. The van der Waals surface area contributed by atoms with Crippen LogP contribution in [0.5, 0.6) is 0 Å². The summed E-state index contributed by atoms with van der Waals surface area (Å²) in [6.07, 6.45) is 0. The molecule has 0 saturated heterocycles. The third kappa shape index (κ3) is 3.70. The Morgan fingerprint density at radius 2 is 0.933 bits per heavy atom. The molecule has 0 radical (unpaired) electrons. The molecule has 0 unspecified atom stereocenters. The van der Waals surface area contributed by atoms with Crippen molar-refractivity contribution >= 4 is 69.2 Å². The first kappa shape index (κ1) is 11.7. The number of rotatable bonds is 3. The van der Waals surface area contributed by atoms with Gasteiger partial charge in [0.05, 0.1) is 32.5 Å². The minimum absolute atomic E-state index is 0.584. The lowest BCUT2D eigenvalue weighted by Crippen LogP contribution is -1.68. The lowest BCUT2D eigenvalue weighted by Gasteiger charge is -1.96. The fourth-order valence-corrected chi connectivity index (χ4v) is 1.25. The molecule has 1 aromatic carbocycles. The monoisotopic (exact) mass is 249 g/mol. The molecule has 1 aromatic rings. The molecule has 3 nitrogen and oxygen atoms in total. The van der Waals surface area contributed by atoms with Gasteiger partial charge in [0, 0.05) is 0 Å². The van der Waals surface area contributed by atoms with Gasteiger partial charge in [-0.15, -0.1) is 0 Å². The summed E-state index contributed by atoms with van der Waals surface area (Å²) < 4.78 is 0. The van der Waals surface area contributed by atoms with Crippen molar-refractivity contribution < 1.29 is 0 Å². The molecule has 72 valence electrons. The first-order chi connectivity index (χ1) is 7.30. The summed E-state index contributed by atoms with van der Waals surface area (Å²) in [6, 6.07) is 5.04. The molecule has 0 heterocycles. The van der Waals surface area contributed by atoms with Crippen LogP contribution in [0, 0.1) is 0 Å². The van der Waals surface area contributed by atoms with Crippen molar-refractivity contribution in [2.75, 3.05) is 0 Å². The van der Waals surface area contributed by atoms with Gasteiger partial charge in [0.1, 0.15) is 0 Å². The van der Waals surface area contributed by atoms with Gasteiger partial charge in [0.25, 0.3) is 0 Å². The number of aliphatic imine (C=N–C) groups is 3. The number of hydrogen-bond acceptors (Lipinski definition) is 6. The molecule has 0 aliphatic heterocycles. The fraction of sp³-hybridized carbons (Fsp3) is 0. The maximum atomic E-state index is 4.50.